The zero-order valence-corrected chi connectivity index (χ0v) is 16.1. The summed E-state index contributed by atoms with van der Waals surface area (Å²) in [6.45, 7) is 3.01. The zero-order chi connectivity index (χ0) is 20.1. The highest BCUT2D eigenvalue weighted by molar-refractivity contribution is 7.09. The third-order valence-electron chi connectivity index (χ3n) is 4.40. The summed E-state index contributed by atoms with van der Waals surface area (Å²) in [4.78, 5) is 23.0. The van der Waals surface area contributed by atoms with E-state index in [0.29, 0.717) is 5.69 Å². The number of nitrogens with zero attached hydrogens (tertiary/aromatic N) is 3. The largest absolute Gasteiger partial charge is 0.468 e. The fraction of sp³-hybridized carbons (Fsp3) is 0.500. The highest BCUT2D eigenvalue weighted by Crippen LogP contribution is 2.22. The van der Waals surface area contributed by atoms with E-state index in [0.717, 1.165) is 43.2 Å². The Kier molecular flexibility index (Phi) is 6.50. The van der Waals surface area contributed by atoms with Crippen LogP contribution in [-0.4, -0.2) is 46.6 Å². The van der Waals surface area contributed by atoms with Crippen LogP contribution in [0, 0.1) is 12.8 Å². The van der Waals surface area contributed by atoms with Gasteiger partial charge in [-0.1, -0.05) is 0 Å². The van der Waals surface area contributed by atoms with Crippen LogP contribution < -0.4 is 10.1 Å². The summed E-state index contributed by atoms with van der Waals surface area (Å²) >= 11 is 1.63. The van der Waals surface area contributed by atoms with E-state index < -0.39 is 12.8 Å². The molecule has 1 amide bonds. The summed E-state index contributed by atoms with van der Waals surface area (Å²) in [7, 11) is 0. The highest BCUT2D eigenvalue weighted by Gasteiger charge is 2.29. The number of amides is 1. The molecule has 0 saturated carbocycles. The summed E-state index contributed by atoms with van der Waals surface area (Å²) < 4.78 is 40.9. The van der Waals surface area contributed by atoms with Gasteiger partial charge in [0.1, 0.15) is 0 Å². The molecular formula is C18H21F3N4O2S. The molecule has 1 N–H and O–H groups in total. The van der Waals surface area contributed by atoms with E-state index in [1.807, 2.05) is 6.92 Å². The van der Waals surface area contributed by atoms with Crippen molar-refractivity contribution in [3.63, 3.8) is 0 Å². The van der Waals surface area contributed by atoms with Gasteiger partial charge >= 0.3 is 6.18 Å². The first-order valence-corrected chi connectivity index (χ1v) is 9.76. The fourth-order valence-corrected chi connectivity index (χ4v) is 3.61. The number of piperidine rings is 1. The number of thiazole rings is 1. The van der Waals surface area contributed by atoms with Crippen LogP contribution in [0.1, 0.15) is 23.5 Å². The SMILES string of the molecule is Cc1nc(CN2CCC(C(=O)Nc3ccc(OCC(F)(F)F)nc3)CC2)cs1. The second-order valence-corrected chi connectivity index (χ2v) is 7.75. The molecule has 152 valence electrons. The molecule has 0 unspecified atom stereocenters. The van der Waals surface area contributed by atoms with Gasteiger partial charge in [-0.15, -0.1) is 11.3 Å². The van der Waals surface area contributed by atoms with Crippen LogP contribution in [0.3, 0.4) is 0 Å². The molecule has 10 heteroatoms. The summed E-state index contributed by atoms with van der Waals surface area (Å²) in [5.74, 6) is -0.342. The monoisotopic (exact) mass is 414 g/mol. The molecule has 1 aliphatic heterocycles. The van der Waals surface area contributed by atoms with Gasteiger partial charge in [-0.2, -0.15) is 13.2 Å². The number of nitrogens with one attached hydrogen (secondary N) is 1. The molecule has 0 radical (unpaired) electrons. The van der Waals surface area contributed by atoms with Crippen molar-refractivity contribution in [1.82, 2.24) is 14.9 Å². The predicted molar refractivity (Wildman–Crippen MR) is 99.3 cm³/mol. The van der Waals surface area contributed by atoms with Gasteiger partial charge in [0.25, 0.3) is 0 Å². The van der Waals surface area contributed by atoms with E-state index >= 15 is 0 Å². The number of halogens is 3. The molecule has 3 heterocycles. The number of aromatic nitrogens is 2. The van der Waals surface area contributed by atoms with Crippen LogP contribution in [0.4, 0.5) is 18.9 Å². The van der Waals surface area contributed by atoms with Gasteiger partial charge < -0.3 is 10.1 Å². The average molecular weight is 414 g/mol. The Morgan fingerprint density at radius 2 is 2.11 bits per heavy atom. The van der Waals surface area contributed by atoms with E-state index in [-0.39, 0.29) is 17.7 Å². The van der Waals surface area contributed by atoms with Crippen molar-refractivity contribution in [2.24, 2.45) is 5.92 Å². The minimum absolute atomic E-state index is 0.102. The second-order valence-electron chi connectivity index (χ2n) is 6.69. The Bertz CT molecular complexity index is 787. The lowest BCUT2D eigenvalue weighted by molar-refractivity contribution is -0.154. The number of carbonyl (C=O) groups is 1. The zero-order valence-electron chi connectivity index (χ0n) is 15.3. The smallest absolute Gasteiger partial charge is 0.422 e. The summed E-state index contributed by atoms with van der Waals surface area (Å²) in [5.41, 5.74) is 1.49. The molecule has 0 aliphatic carbocycles. The maximum absolute atomic E-state index is 12.4. The van der Waals surface area contributed by atoms with E-state index in [1.165, 1.54) is 18.3 Å². The average Bonchev–Trinajstić information content (AvgIpc) is 3.06. The Balaban J connectivity index is 1.44. The third kappa shape index (κ3) is 6.16. The fourth-order valence-electron chi connectivity index (χ4n) is 3.00. The minimum atomic E-state index is -4.41. The van der Waals surface area contributed by atoms with Gasteiger partial charge in [-0.3, -0.25) is 9.69 Å². The first-order chi connectivity index (χ1) is 13.3. The molecule has 1 aliphatic rings. The molecular weight excluding hydrogens is 393 g/mol. The molecule has 1 fully saturated rings. The van der Waals surface area contributed by atoms with Crippen LogP contribution in [0.15, 0.2) is 23.7 Å². The molecule has 0 aromatic carbocycles. The van der Waals surface area contributed by atoms with Crippen molar-refractivity contribution in [2.45, 2.75) is 32.5 Å². The number of ether oxygens (including phenoxy) is 1. The molecule has 0 spiro atoms. The van der Waals surface area contributed by atoms with Gasteiger partial charge in [-0.25, -0.2) is 9.97 Å². The number of rotatable bonds is 6. The number of alkyl halides is 3. The number of carbonyl (C=O) groups excluding carboxylic acids is 1. The van der Waals surface area contributed by atoms with Gasteiger partial charge in [0, 0.05) is 23.9 Å². The van der Waals surface area contributed by atoms with Crippen LogP contribution >= 0.6 is 11.3 Å². The van der Waals surface area contributed by atoms with E-state index in [1.54, 1.807) is 11.3 Å². The van der Waals surface area contributed by atoms with Gasteiger partial charge in [0.2, 0.25) is 11.8 Å². The molecule has 2 aromatic heterocycles. The van der Waals surface area contributed by atoms with Crippen LogP contribution in [0.25, 0.3) is 0 Å². The Morgan fingerprint density at radius 3 is 2.68 bits per heavy atom. The van der Waals surface area contributed by atoms with Crippen molar-refractivity contribution in [2.75, 3.05) is 25.0 Å². The number of aryl methyl sites for hydroxylation is 1. The predicted octanol–water partition coefficient (Wildman–Crippen LogP) is 3.64. The minimum Gasteiger partial charge on any atom is -0.468 e. The van der Waals surface area contributed by atoms with Crippen molar-refractivity contribution < 1.29 is 22.7 Å². The first kappa shape index (κ1) is 20.5. The lowest BCUT2D eigenvalue weighted by atomic mass is 9.96. The van der Waals surface area contributed by atoms with Gasteiger partial charge in [-0.05, 0) is 38.9 Å². The number of anilines is 1. The normalized spacial score (nSPS) is 16.1. The van der Waals surface area contributed by atoms with Crippen LogP contribution in [0.2, 0.25) is 0 Å². The van der Waals surface area contributed by atoms with Gasteiger partial charge in [0.15, 0.2) is 6.61 Å². The summed E-state index contributed by atoms with van der Waals surface area (Å²) in [5, 5.41) is 5.88. The Labute approximate surface area is 164 Å². The van der Waals surface area contributed by atoms with E-state index in [2.05, 4.69) is 30.3 Å². The molecule has 1 saturated heterocycles. The molecule has 6 nitrogen and oxygen atoms in total. The molecule has 3 rings (SSSR count). The van der Waals surface area contributed by atoms with Crippen LogP contribution in [0.5, 0.6) is 5.88 Å². The summed E-state index contributed by atoms with van der Waals surface area (Å²) in [6, 6.07) is 2.79. The lowest BCUT2D eigenvalue weighted by Crippen LogP contribution is -2.37. The maximum atomic E-state index is 12.4. The number of hydrogen-bond acceptors (Lipinski definition) is 6. The molecule has 2 aromatic rings. The van der Waals surface area contributed by atoms with E-state index in [9.17, 15) is 18.0 Å². The third-order valence-corrected chi connectivity index (χ3v) is 5.22. The standard InChI is InChI=1S/C18H21F3N4O2S/c1-12-23-15(10-28-12)9-25-6-4-13(5-7-25)17(26)24-14-2-3-16(22-8-14)27-11-18(19,20)21/h2-3,8,10,13H,4-7,9,11H2,1H3,(H,24,26). The van der Waals surface area contributed by atoms with Crippen molar-refractivity contribution >= 4 is 22.9 Å². The number of hydrogen-bond donors (Lipinski definition) is 1. The first-order valence-electron chi connectivity index (χ1n) is 8.88. The van der Waals surface area contributed by atoms with E-state index in [4.69, 9.17) is 0 Å². The van der Waals surface area contributed by atoms with Crippen LogP contribution in [-0.2, 0) is 11.3 Å². The van der Waals surface area contributed by atoms with Crippen molar-refractivity contribution in [3.05, 3.63) is 34.4 Å². The quantitative estimate of drug-likeness (QED) is 0.782. The molecule has 0 bridgehead atoms. The number of pyridine rings is 1. The number of likely N-dealkylation sites (tertiary alicyclic amines) is 1. The Morgan fingerprint density at radius 1 is 1.36 bits per heavy atom. The van der Waals surface area contributed by atoms with Crippen molar-refractivity contribution in [1.29, 1.82) is 0 Å². The second kappa shape index (κ2) is 8.87. The molecule has 0 atom stereocenters. The van der Waals surface area contributed by atoms with Crippen molar-refractivity contribution in [3.8, 4) is 5.88 Å². The lowest BCUT2D eigenvalue weighted by Gasteiger charge is -2.30. The Hall–Kier alpha value is -2.20. The summed E-state index contributed by atoms with van der Waals surface area (Å²) in [6.07, 6.45) is -1.63. The molecule has 28 heavy (non-hydrogen) atoms. The maximum Gasteiger partial charge on any atom is 0.422 e. The van der Waals surface area contributed by atoms with Gasteiger partial charge in [0.05, 0.1) is 22.6 Å². The topological polar surface area (TPSA) is 67.4 Å². The highest BCUT2D eigenvalue weighted by atomic mass is 32.1.